The van der Waals surface area contributed by atoms with E-state index in [2.05, 4.69) is 10.6 Å². The highest BCUT2D eigenvalue weighted by molar-refractivity contribution is 5.81. The van der Waals surface area contributed by atoms with Gasteiger partial charge in [0.2, 0.25) is 0 Å². The third kappa shape index (κ3) is 3.59. The Morgan fingerprint density at radius 1 is 1.67 bits per heavy atom. The number of hydrogen-bond acceptors (Lipinski definition) is 3. The average Bonchev–Trinajstić information content (AvgIpc) is 1.99. The molecule has 4 nitrogen and oxygen atoms in total. The lowest BCUT2D eigenvalue weighted by Crippen LogP contribution is -2.45. The number of nitrogens with two attached hydrogens (primary N) is 1. The summed E-state index contributed by atoms with van der Waals surface area (Å²) in [6, 6.07) is 0. The molecule has 0 heterocycles. The Kier molecular flexibility index (Phi) is 4.05. The first-order valence-corrected chi connectivity index (χ1v) is 3.43. The number of rotatable bonds is 4. The summed E-state index contributed by atoms with van der Waals surface area (Å²) in [7, 11) is 0. The van der Waals surface area contributed by atoms with Crippen LogP contribution in [-0.4, -0.2) is 18.6 Å². The summed E-state index contributed by atoms with van der Waals surface area (Å²) in [5.74, 6) is 2.80. The molecular formula is C6H12F2N2O2. The first kappa shape index (κ1) is 11.2. The maximum Gasteiger partial charge on any atom is 0.437 e. The lowest BCUT2D eigenvalue weighted by Gasteiger charge is -2.15. The Labute approximate surface area is 69.0 Å². The molecule has 0 saturated heterocycles. The highest BCUT2D eigenvalue weighted by atomic mass is 19.3. The van der Waals surface area contributed by atoms with E-state index in [4.69, 9.17) is 0 Å². The van der Waals surface area contributed by atoms with Gasteiger partial charge in [-0.1, -0.05) is 13.8 Å². The Balaban J connectivity index is 3.95. The smallest absolute Gasteiger partial charge is 0.312 e. The quantitative estimate of drug-likeness (QED) is 0.372. The van der Waals surface area contributed by atoms with Gasteiger partial charge in [0.1, 0.15) is 0 Å². The molecule has 72 valence electrons. The third-order valence-corrected chi connectivity index (χ3v) is 0.993. The van der Waals surface area contributed by atoms with Crippen LogP contribution in [0.1, 0.15) is 13.8 Å². The van der Waals surface area contributed by atoms with Crippen LogP contribution < -0.4 is 11.3 Å². The van der Waals surface area contributed by atoms with Crippen molar-refractivity contribution < 1.29 is 18.3 Å². The predicted octanol–water partition coefficient (Wildman–Crippen LogP) is 0.242. The monoisotopic (exact) mass is 182 g/mol. The van der Waals surface area contributed by atoms with Gasteiger partial charge < -0.3 is 4.74 Å². The fourth-order valence-corrected chi connectivity index (χ4v) is 0.421. The number of ether oxygens (including phenoxy) is 1. The van der Waals surface area contributed by atoms with Gasteiger partial charge in [-0.05, 0) is 5.92 Å². The number of nitrogens with one attached hydrogen (secondary N) is 1. The second-order valence-corrected chi connectivity index (χ2v) is 2.70. The zero-order valence-electron chi connectivity index (χ0n) is 6.93. The van der Waals surface area contributed by atoms with E-state index < -0.39 is 12.0 Å². The van der Waals surface area contributed by atoms with Crippen LogP contribution in [0.2, 0.25) is 0 Å². The van der Waals surface area contributed by atoms with Gasteiger partial charge in [0.15, 0.2) is 0 Å². The van der Waals surface area contributed by atoms with E-state index in [-0.39, 0.29) is 12.5 Å². The van der Waals surface area contributed by atoms with Crippen molar-refractivity contribution in [2.75, 3.05) is 6.61 Å². The minimum atomic E-state index is -3.83. The van der Waals surface area contributed by atoms with E-state index in [1.54, 1.807) is 13.8 Å². The molecule has 0 aliphatic heterocycles. The minimum Gasteiger partial charge on any atom is -0.312 e. The molecule has 3 N–H and O–H groups in total. The van der Waals surface area contributed by atoms with E-state index >= 15 is 0 Å². The number of halogens is 2. The van der Waals surface area contributed by atoms with Crippen LogP contribution in [0, 0.1) is 5.92 Å². The summed E-state index contributed by atoms with van der Waals surface area (Å²) in [5.41, 5.74) is 1.32. The topological polar surface area (TPSA) is 64.3 Å². The van der Waals surface area contributed by atoms with E-state index in [1.165, 1.54) is 5.43 Å². The number of hydrogen-bond donors (Lipinski definition) is 2. The van der Waals surface area contributed by atoms with Crippen LogP contribution in [0.4, 0.5) is 8.78 Å². The summed E-state index contributed by atoms with van der Waals surface area (Å²) in [5, 5.41) is 0. The standard InChI is InChI=1S/C6H12F2N2O2/c1-4(2)3-12-6(7,8)5(11)10-9/h4H,3,9H2,1-2H3,(H,10,11). The minimum absolute atomic E-state index is 0.0681. The van der Waals surface area contributed by atoms with Crippen molar-refractivity contribution in [3.8, 4) is 0 Å². The number of amides is 1. The SMILES string of the molecule is CC(C)COC(F)(F)C(=O)NN. The highest BCUT2D eigenvalue weighted by Gasteiger charge is 2.39. The van der Waals surface area contributed by atoms with Gasteiger partial charge in [0.05, 0.1) is 6.61 Å². The molecule has 1 amide bonds. The summed E-state index contributed by atoms with van der Waals surface area (Å²) < 4.78 is 28.9. The molecule has 0 spiro atoms. The second-order valence-electron chi connectivity index (χ2n) is 2.70. The fraction of sp³-hybridized carbons (Fsp3) is 0.833. The van der Waals surface area contributed by atoms with E-state index in [0.29, 0.717) is 0 Å². The van der Waals surface area contributed by atoms with Gasteiger partial charge in [0, 0.05) is 0 Å². The summed E-state index contributed by atoms with van der Waals surface area (Å²) in [4.78, 5) is 10.3. The molecule has 0 bridgehead atoms. The van der Waals surface area contributed by atoms with Gasteiger partial charge >= 0.3 is 12.0 Å². The average molecular weight is 182 g/mol. The van der Waals surface area contributed by atoms with Crippen LogP contribution >= 0.6 is 0 Å². The molecule has 0 aliphatic rings. The molecule has 0 saturated carbocycles. The van der Waals surface area contributed by atoms with Crippen LogP contribution in [0.15, 0.2) is 0 Å². The Morgan fingerprint density at radius 3 is 2.50 bits per heavy atom. The third-order valence-electron chi connectivity index (χ3n) is 0.993. The van der Waals surface area contributed by atoms with E-state index in [1.807, 2.05) is 0 Å². The first-order chi connectivity index (χ1) is 5.40. The normalized spacial score (nSPS) is 11.8. The van der Waals surface area contributed by atoms with Crippen molar-refractivity contribution >= 4 is 5.91 Å². The molecule has 0 radical (unpaired) electrons. The molecule has 0 atom stereocenters. The van der Waals surface area contributed by atoms with Crippen molar-refractivity contribution in [2.45, 2.75) is 20.0 Å². The Hall–Kier alpha value is -0.750. The lowest BCUT2D eigenvalue weighted by molar-refractivity contribution is -0.234. The van der Waals surface area contributed by atoms with Crippen molar-refractivity contribution in [1.29, 1.82) is 0 Å². The summed E-state index contributed by atoms with van der Waals surface area (Å²) in [6.07, 6.45) is -3.83. The van der Waals surface area contributed by atoms with E-state index in [9.17, 15) is 13.6 Å². The van der Waals surface area contributed by atoms with E-state index in [0.717, 1.165) is 0 Å². The van der Waals surface area contributed by atoms with Gasteiger partial charge in [-0.25, -0.2) is 5.84 Å². The summed E-state index contributed by atoms with van der Waals surface area (Å²) >= 11 is 0. The second kappa shape index (κ2) is 4.32. The summed E-state index contributed by atoms with van der Waals surface area (Å²) in [6.45, 7) is 3.19. The molecule has 12 heavy (non-hydrogen) atoms. The number of carbonyl (C=O) groups is 1. The molecule has 0 unspecified atom stereocenters. The van der Waals surface area contributed by atoms with Crippen molar-refractivity contribution in [3.05, 3.63) is 0 Å². The number of hydrazine groups is 1. The fourth-order valence-electron chi connectivity index (χ4n) is 0.421. The van der Waals surface area contributed by atoms with Crippen molar-refractivity contribution in [2.24, 2.45) is 11.8 Å². The Bertz CT molecular complexity index is 162. The zero-order valence-corrected chi connectivity index (χ0v) is 6.93. The number of alkyl halides is 2. The molecule has 0 fully saturated rings. The van der Waals surface area contributed by atoms with Gasteiger partial charge in [0.25, 0.3) is 0 Å². The van der Waals surface area contributed by atoms with Crippen LogP contribution in [0.3, 0.4) is 0 Å². The molecule has 6 heteroatoms. The molecule has 0 aliphatic carbocycles. The maximum absolute atomic E-state index is 12.5. The lowest BCUT2D eigenvalue weighted by atomic mass is 10.2. The van der Waals surface area contributed by atoms with Crippen LogP contribution in [0.25, 0.3) is 0 Å². The van der Waals surface area contributed by atoms with Crippen molar-refractivity contribution in [1.82, 2.24) is 5.43 Å². The number of carbonyl (C=O) groups excluding carboxylic acids is 1. The highest BCUT2D eigenvalue weighted by Crippen LogP contribution is 2.15. The molecular weight excluding hydrogens is 170 g/mol. The van der Waals surface area contributed by atoms with Crippen LogP contribution in [-0.2, 0) is 9.53 Å². The van der Waals surface area contributed by atoms with Gasteiger partial charge in [-0.2, -0.15) is 8.78 Å². The zero-order chi connectivity index (χ0) is 9.78. The maximum atomic E-state index is 12.5. The molecule has 0 rings (SSSR count). The predicted molar refractivity (Wildman–Crippen MR) is 38.1 cm³/mol. The van der Waals surface area contributed by atoms with Crippen molar-refractivity contribution in [3.63, 3.8) is 0 Å². The molecule has 0 aromatic heterocycles. The van der Waals surface area contributed by atoms with Crippen LogP contribution in [0.5, 0.6) is 0 Å². The van der Waals surface area contributed by atoms with Gasteiger partial charge in [-0.3, -0.25) is 10.2 Å². The largest absolute Gasteiger partial charge is 0.437 e. The Morgan fingerprint density at radius 2 is 2.17 bits per heavy atom. The first-order valence-electron chi connectivity index (χ1n) is 3.43. The molecule has 0 aromatic rings. The van der Waals surface area contributed by atoms with Gasteiger partial charge in [-0.15, -0.1) is 0 Å². The molecule has 0 aromatic carbocycles.